The van der Waals surface area contributed by atoms with E-state index in [-0.39, 0.29) is 5.56 Å². The lowest BCUT2D eigenvalue weighted by Crippen LogP contribution is -2.38. The number of aromatic amines is 1. The fourth-order valence-electron chi connectivity index (χ4n) is 4.14. The van der Waals surface area contributed by atoms with Crippen molar-refractivity contribution in [2.24, 2.45) is 5.92 Å². The van der Waals surface area contributed by atoms with Crippen LogP contribution in [0.1, 0.15) is 35.2 Å². The van der Waals surface area contributed by atoms with E-state index < -0.39 is 10.0 Å². The number of piperidine rings is 1. The van der Waals surface area contributed by atoms with E-state index in [2.05, 4.69) is 22.3 Å². The molecule has 1 N–H and O–H groups in total. The van der Waals surface area contributed by atoms with Gasteiger partial charge >= 0.3 is 0 Å². The Morgan fingerprint density at radius 2 is 1.68 bits per heavy atom. The quantitative estimate of drug-likeness (QED) is 0.641. The van der Waals surface area contributed by atoms with Crippen LogP contribution in [0.15, 0.2) is 70.4 Å². The number of benzene rings is 2. The molecule has 1 saturated heterocycles. The SMILES string of the molecule is Cc1cc(Cc2ccc(S(=O)(=O)N3CCC(Cc4ccccc4)CC3)cc2)c(=O)[nH]n1. The molecule has 4 rings (SSSR count). The maximum absolute atomic E-state index is 13.1. The Balaban J connectivity index is 1.40. The molecule has 1 fully saturated rings. The smallest absolute Gasteiger partial charge is 0.267 e. The molecule has 2 heterocycles. The van der Waals surface area contributed by atoms with Gasteiger partial charge in [0.2, 0.25) is 10.0 Å². The van der Waals surface area contributed by atoms with Gasteiger partial charge in [0.1, 0.15) is 0 Å². The van der Waals surface area contributed by atoms with E-state index in [1.807, 2.05) is 25.1 Å². The van der Waals surface area contributed by atoms with E-state index in [4.69, 9.17) is 0 Å². The number of rotatable bonds is 6. The van der Waals surface area contributed by atoms with Crippen LogP contribution >= 0.6 is 0 Å². The van der Waals surface area contributed by atoms with Gasteiger partial charge in [0, 0.05) is 25.1 Å². The van der Waals surface area contributed by atoms with E-state index >= 15 is 0 Å². The molecule has 2 aromatic carbocycles. The average Bonchev–Trinajstić information content (AvgIpc) is 2.78. The second-order valence-electron chi connectivity index (χ2n) is 8.22. The van der Waals surface area contributed by atoms with Crippen molar-refractivity contribution in [1.82, 2.24) is 14.5 Å². The molecule has 31 heavy (non-hydrogen) atoms. The van der Waals surface area contributed by atoms with E-state index in [0.29, 0.717) is 35.9 Å². The third-order valence-electron chi connectivity index (χ3n) is 5.90. The summed E-state index contributed by atoms with van der Waals surface area (Å²) < 4.78 is 27.8. The van der Waals surface area contributed by atoms with Gasteiger partial charge in [-0.15, -0.1) is 0 Å². The van der Waals surface area contributed by atoms with Crippen LogP contribution in [0, 0.1) is 12.8 Å². The van der Waals surface area contributed by atoms with Crippen LogP contribution in [0.5, 0.6) is 0 Å². The van der Waals surface area contributed by atoms with Crippen molar-refractivity contribution in [3.05, 3.63) is 93.4 Å². The van der Waals surface area contributed by atoms with Crippen LogP contribution in [0.25, 0.3) is 0 Å². The molecule has 1 aliphatic heterocycles. The summed E-state index contributed by atoms with van der Waals surface area (Å²) in [5.41, 5.74) is 3.33. The molecule has 1 aromatic heterocycles. The minimum Gasteiger partial charge on any atom is -0.268 e. The van der Waals surface area contributed by atoms with Gasteiger partial charge in [0.05, 0.1) is 10.6 Å². The second kappa shape index (κ2) is 9.16. The average molecular weight is 438 g/mol. The Bertz CT molecular complexity index is 1180. The predicted molar refractivity (Wildman–Crippen MR) is 120 cm³/mol. The summed E-state index contributed by atoms with van der Waals surface area (Å²) in [7, 11) is -3.51. The van der Waals surface area contributed by atoms with Gasteiger partial charge in [0.25, 0.3) is 5.56 Å². The van der Waals surface area contributed by atoms with Gasteiger partial charge in [-0.1, -0.05) is 42.5 Å². The van der Waals surface area contributed by atoms with Gasteiger partial charge in [-0.05, 0) is 61.4 Å². The Morgan fingerprint density at radius 1 is 1.00 bits per heavy atom. The van der Waals surface area contributed by atoms with Crippen LogP contribution in [-0.2, 0) is 22.9 Å². The zero-order valence-corrected chi connectivity index (χ0v) is 18.4. The van der Waals surface area contributed by atoms with E-state index in [0.717, 1.165) is 30.5 Å². The first kappa shape index (κ1) is 21.5. The Labute approximate surface area is 183 Å². The largest absolute Gasteiger partial charge is 0.268 e. The lowest BCUT2D eigenvalue weighted by Gasteiger charge is -2.31. The fraction of sp³-hybridized carbons (Fsp3) is 0.333. The van der Waals surface area contributed by atoms with Crippen molar-refractivity contribution in [2.45, 2.75) is 37.5 Å². The van der Waals surface area contributed by atoms with E-state index in [1.165, 1.54) is 5.56 Å². The standard InChI is InChI=1S/C24H27N3O3S/c1-18-15-22(24(28)26-25-18)17-20-7-9-23(10-8-20)31(29,30)27-13-11-21(12-14-27)16-19-5-3-2-4-6-19/h2-10,15,21H,11-14,16-17H2,1H3,(H,26,28). The summed E-state index contributed by atoms with van der Waals surface area (Å²) in [6.07, 6.45) is 3.17. The monoisotopic (exact) mass is 437 g/mol. The van der Waals surface area contributed by atoms with Crippen molar-refractivity contribution in [1.29, 1.82) is 0 Å². The predicted octanol–water partition coefficient (Wildman–Crippen LogP) is 3.31. The first-order chi connectivity index (χ1) is 14.9. The molecule has 0 radical (unpaired) electrons. The highest BCUT2D eigenvalue weighted by Crippen LogP contribution is 2.26. The molecule has 0 aliphatic carbocycles. The highest BCUT2D eigenvalue weighted by molar-refractivity contribution is 7.89. The molecular formula is C24H27N3O3S. The van der Waals surface area contributed by atoms with Crippen LogP contribution in [0.3, 0.4) is 0 Å². The minimum absolute atomic E-state index is 0.222. The van der Waals surface area contributed by atoms with Gasteiger partial charge in [-0.25, -0.2) is 13.5 Å². The summed E-state index contributed by atoms with van der Waals surface area (Å²) in [5, 5.41) is 6.36. The summed E-state index contributed by atoms with van der Waals surface area (Å²) in [6.45, 7) is 2.92. The van der Waals surface area contributed by atoms with Gasteiger partial charge < -0.3 is 0 Å². The summed E-state index contributed by atoms with van der Waals surface area (Å²) >= 11 is 0. The molecule has 3 aromatic rings. The van der Waals surface area contributed by atoms with Gasteiger partial charge in [0.15, 0.2) is 0 Å². The Kier molecular flexibility index (Phi) is 6.34. The van der Waals surface area contributed by atoms with Crippen LogP contribution in [0.2, 0.25) is 0 Å². The highest BCUT2D eigenvalue weighted by atomic mass is 32.2. The second-order valence-corrected chi connectivity index (χ2v) is 10.2. The Morgan fingerprint density at radius 3 is 2.35 bits per heavy atom. The fourth-order valence-corrected chi connectivity index (χ4v) is 5.61. The maximum atomic E-state index is 13.1. The van der Waals surface area contributed by atoms with Crippen LogP contribution < -0.4 is 5.56 Å². The van der Waals surface area contributed by atoms with Crippen molar-refractivity contribution in [3.63, 3.8) is 0 Å². The number of nitrogens with one attached hydrogen (secondary N) is 1. The summed E-state index contributed by atoms with van der Waals surface area (Å²) in [4.78, 5) is 12.2. The Hall–Kier alpha value is -2.77. The molecule has 162 valence electrons. The maximum Gasteiger partial charge on any atom is 0.267 e. The zero-order valence-electron chi connectivity index (χ0n) is 17.6. The lowest BCUT2D eigenvalue weighted by molar-refractivity contribution is 0.273. The highest BCUT2D eigenvalue weighted by Gasteiger charge is 2.29. The van der Waals surface area contributed by atoms with Crippen molar-refractivity contribution in [3.8, 4) is 0 Å². The van der Waals surface area contributed by atoms with Crippen molar-refractivity contribution >= 4 is 10.0 Å². The normalized spacial score (nSPS) is 15.8. The van der Waals surface area contributed by atoms with E-state index in [1.54, 1.807) is 34.6 Å². The third-order valence-corrected chi connectivity index (χ3v) is 7.82. The molecule has 0 spiro atoms. The third kappa shape index (κ3) is 5.11. The summed E-state index contributed by atoms with van der Waals surface area (Å²) in [5.74, 6) is 0.512. The molecule has 0 atom stereocenters. The number of aryl methyl sites for hydroxylation is 1. The van der Waals surface area contributed by atoms with Gasteiger partial charge in [-0.2, -0.15) is 9.40 Å². The van der Waals surface area contributed by atoms with Crippen molar-refractivity contribution < 1.29 is 8.42 Å². The molecular weight excluding hydrogens is 410 g/mol. The topological polar surface area (TPSA) is 83.1 Å². The lowest BCUT2D eigenvalue weighted by atomic mass is 9.91. The molecule has 0 unspecified atom stereocenters. The number of nitrogens with zero attached hydrogens (tertiary/aromatic N) is 2. The number of aromatic nitrogens is 2. The molecule has 6 nitrogen and oxygen atoms in total. The molecule has 7 heteroatoms. The van der Waals surface area contributed by atoms with E-state index in [9.17, 15) is 13.2 Å². The molecule has 0 amide bonds. The number of hydrogen-bond donors (Lipinski definition) is 1. The number of H-pyrrole nitrogens is 1. The van der Waals surface area contributed by atoms with Crippen LogP contribution in [-0.4, -0.2) is 36.0 Å². The zero-order chi connectivity index (χ0) is 21.8. The molecule has 0 bridgehead atoms. The summed E-state index contributed by atoms with van der Waals surface area (Å²) in [6, 6.07) is 19.0. The molecule has 1 aliphatic rings. The molecule has 0 saturated carbocycles. The number of sulfonamides is 1. The van der Waals surface area contributed by atoms with Crippen molar-refractivity contribution in [2.75, 3.05) is 13.1 Å². The van der Waals surface area contributed by atoms with Crippen LogP contribution in [0.4, 0.5) is 0 Å². The number of hydrogen-bond acceptors (Lipinski definition) is 4. The first-order valence-corrected chi connectivity index (χ1v) is 12.0. The van der Waals surface area contributed by atoms with Gasteiger partial charge in [-0.3, -0.25) is 4.79 Å². The first-order valence-electron chi connectivity index (χ1n) is 10.6. The minimum atomic E-state index is -3.51.